The van der Waals surface area contributed by atoms with Crippen molar-refractivity contribution in [1.82, 2.24) is 0 Å². The molecular weight excluding hydrogens is 566 g/mol. The number of fused-ring (bicyclic) bond motifs is 8. The second-order valence-electron chi connectivity index (χ2n) is 6.35. The van der Waals surface area contributed by atoms with Gasteiger partial charge in [0.15, 0.2) is 0 Å². The third kappa shape index (κ3) is 9.83. The fraction of sp³-hybridized carbons (Fsp3) is 0. The zero-order valence-corrected chi connectivity index (χ0v) is 19.8. The molecule has 1 N–H and O–H groups in total. The Morgan fingerprint density at radius 3 is 1.21 bits per heavy atom. The smallest absolute Gasteiger partial charge is 0.112 e. The van der Waals surface area contributed by atoms with Crippen LogP contribution in [0.3, 0.4) is 0 Å². The van der Waals surface area contributed by atoms with E-state index in [0.717, 1.165) is 33.9 Å². The second-order valence-corrected chi connectivity index (χ2v) is 10.3. The standard InChI is InChI=1S/C20H12O3Se.2ClHO4/c1-2-14-10-16-4-6-18(23-16)12-20-8-7-19(24-20)11-17-5-3-15(22-17)9-13(1)21-14;2*2-1(3,4)5/h1-12H;2*(H,2,3,4,5)/q+1;;/p-1/b13-9-,14-10-,15-9?,16-10?,17-11?,18-12?,19-11-,20-12-;;. The fourth-order valence-corrected chi connectivity index (χ4v) is 4.57. The van der Waals surface area contributed by atoms with Crippen LogP contribution in [0.1, 0.15) is 23.0 Å². The molecule has 2 aliphatic heterocycles. The minimum Gasteiger partial charge on any atom is -0.222 e. The van der Waals surface area contributed by atoms with Gasteiger partial charge in [0.05, 0.1) is 0 Å². The molecule has 3 aromatic heterocycles. The van der Waals surface area contributed by atoms with Crippen molar-refractivity contribution in [3.63, 3.8) is 0 Å². The van der Waals surface area contributed by atoms with Gasteiger partial charge in [0.25, 0.3) is 0 Å². The van der Waals surface area contributed by atoms with Crippen molar-refractivity contribution in [2.75, 3.05) is 0 Å². The normalized spacial score (nSPS) is 19.5. The molecule has 2 aliphatic rings. The van der Waals surface area contributed by atoms with E-state index in [1.807, 2.05) is 48.6 Å². The molecule has 0 saturated heterocycles. The molecule has 0 aromatic carbocycles. The fourth-order valence-electron chi connectivity index (χ4n) is 2.70. The molecule has 0 spiro atoms. The van der Waals surface area contributed by atoms with E-state index >= 15 is 0 Å². The molecular formula is C20H13Cl2O11Se. The summed E-state index contributed by atoms with van der Waals surface area (Å²) in [7, 11) is -9.89. The monoisotopic (exact) mass is 579 g/mol. The molecule has 0 unspecified atom stereocenters. The Morgan fingerprint density at radius 2 is 0.853 bits per heavy atom. The summed E-state index contributed by atoms with van der Waals surface area (Å²) in [6.07, 6.45) is 12.4. The Morgan fingerprint density at radius 1 is 0.529 bits per heavy atom. The average molecular weight is 579 g/mol. The van der Waals surface area contributed by atoms with E-state index in [1.165, 1.54) is 8.94 Å². The Labute approximate surface area is 201 Å². The van der Waals surface area contributed by atoms with E-state index in [4.69, 9.17) is 46.1 Å². The first-order valence-electron chi connectivity index (χ1n) is 8.86. The molecule has 0 aliphatic carbocycles. The summed E-state index contributed by atoms with van der Waals surface area (Å²) in [6, 6.07) is 11.9. The number of allylic oxidation sites excluding steroid dienone is 4. The van der Waals surface area contributed by atoms with Gasteiger partial charge < -0.3 is 0 Å². The summed E-state index contributed by atoms with van der Waals surface area (Å²) in [5, 5.41) is 0. The Hall–Kier alpha value is -2.42. The predicted octanol–water partition coefficient (Wildman–Crippen LogP) is -6.31. The number of hydrogen-bond acceptors (Lipinski definition) is 10. The number of halogens is 2. The molecule has 3 aromatic rings. The van der Waals surface area contributed by atoms with Crippen molar-refractivity contribution >= 4 is 39.3 Å². The van der Waals surface area contributed by atoms with Crippen LogP contribution in [0.5, 0.6) is 0 Å². The Kier molecular flexibility index (Phi) is 8.38. The maximum Gasteiger partial charge on any atom is -0.112 e. The van der Waals surface area contributed by atoms with Crippen LogP contribution in [0.25, 0.3) is 24.3 Å². The van der Waals surface area contributed by atoms with Crippen molar-refractivity contribution in [3.8, 4) is 0 Å². The van der Waals surface area contributed by atoms with Gasteiger partial charge in [0, 0.05) is 0 Å². The van der Waals surface area contributed by atoms with Crippen molar-refractivity contribution in [2.45, 2.75) is 0 Å². The summed E-state index contributed by atoms with van der Waals surface area (Å²) in [5.74, 6) is 3.36. The van der Waals surface area contributed by atoms with Gasteiger partial charge in [-0.25, -0.2) is 37.3 Å². The zero-order chi connectivity index (χ0) is 24.9. The second kappa shape index (κ2) is 10.9. The largest absolute Gasteiger partial charge is 0.222 e. The Balaban J connectivity index is 0.000000277. The Bertz CT molecular complexity index is 1220. The van der Waals surface area contributed by atoms with Gasteiger partial charge >= 0.3 is 144 Å². The van der Waals surface area contributed by atoms with E-state index in [9.17, 15) is 0 Å². The zero-order valence-electron chi connectivity index (χ0n) is 16.6. The molecule has 34 heavy (non-hydrogen) atoms. The van der Waals surface area contributed by atoms with Gasteiger partial charge in [-0.3, -0.25) is 0 Å². The van der Waals surface area contributed by atoms with E-state index in [-0.39, 0.29) is 15.0 Å². The number of furan rings is 3. The third-order valence-corrected chi connectivity index (χ3v) is 5.83. The van der Waals surface area contributed by atoms with Gasteiger partial charge in [0.1, 0.15) is 0 Å². The van der Waals surface area contributed by atoms with E-state index in [2.05, 4.69) is 28.7 Å². The quantitative estimate of drug-likeness (QED) is 0.181. The van der Waals surface area contributed by atoms with Crippen LogP contribution in [-0.4, -0.2) is 15.0 Å². The molecule has 0 fully saturated rings. The van der Waals surface area contributed by atoms with E-state index in [1.54, 1.807) is 0 Å². The van der Waals surface area contributed by atoms with Crippen LogP contribution in [0, 0.1) is 20.5 Å². The van der Waals surface area contributed by atoms with Crippen LogP contribution < -0.4 is 48.1 Å². The first-order valence-corrected chi connectivity index (χ1v) is 13.0. The molecule has 11 nitrogen and oxygen atoms in total. The minimum atomic E-state index is -4.94. The minimum absolute atomic E-state index is 0.268. The summed E-state index contributed by atoms with van der Waals surface area (Å²) in [5.41, 5.74) is 1.75. The van der Waals surface area contributed by atoms with Crippen LogP contribution in [0.2, 0.25) is 0 Å². The average Bonchev–Trinajstić information content (AvgIpc) is 3.44. The first-order chi connectivity index (χ1) is 15.8. The van der Waals surface area contributed by atoms with Crippen LogP contribution >= 0.6 is 0 Å². The molecule has 0 amide bonds. The maximum atomic E-state index is 8.49. The van der Waals surface area contributed by atoms with Crippen molar-refractivity contribution in [2.24, 2.45) is 0 Å². The van der Waals surface area contributed by atoms with Gasteiger partial charge in [-0.05, 0) is 0 Å². The number of rotatable bonds is 0. The number of hydrogen-bond donors (Lipinski definition) is 0. The maximum absolute atomic E-state index is 8.49. The van der Waals surface area contributed by atoms with Gasteiger partial charge in [-0.1, -0.05) is 0 Å². The van der Waals surface area contributed by atoms with Gasteiger partial charge in [0.2, 0.25) is 0 Å². The molecule has 5 heterocycles. The molecule has 5 rings (SSSR count). The summed E-state index contributed by atoms with van der Waals surface area (Å²) in [4.78, 5) is 0. The summed E-state index contributed by atoms with van der Waals surface area (Å²) < 4.78 is 86.9. The molecule has 0 atom stereocenters. The van der Waals surface area contributed by atoms with Gasteiger partial charge in [-0.2, -0.15) is 0 Å². The molecule has 8 bridgehead atoms. The van der Waals surface area contributed by atoms with E-state index < -0.39 is 20.5 Å². The van der Waals surface area contributed by atoms with Crippen LogP contribution in [0.4, 0.5) is 0 Å². The molecule has 0 saturated carbocycles. The SMILES string of the molecule is C1=CC2=C/c3ccc(o3)/C=c3/cc/c([oH+]3)=C/c3ccc(o3)/C=C/1[Se+]\2.[O-][Cl+3]([O-])([O-])[O-].[O-][Cl+3]([O-])([O-])[O-]. The first kappa shape index (κ1) is 26.2. The summed E-state index contributed by atoms with van der Waals surface area (Å²) >= 11 is 0.268. The van der Waals surface area contributed by atoms with Crippen molar-refractivity contribution in [3.05, 3.63) is 91.4 Å². The van der Waals surface area contributed by atoms with Crippen LogP contribution in [0.15, 0.2) is 70.7 Å². The van der Waals surface area contributed by atoms with Crippen molar-refractivity contribution in [1.29, 1.82) is 0 Å². The predicted molar refractivity (Wildman–Crippen MR) is 94.5 cm³/mol. The third-order valence-electron chi connectivity index (χ3n) is 3.78. The van der Waals surface area contributed by atoms with E-state index in [0.29, 0.717) is 0 Å². The van der Waals surface area contributed by atoms with Crippen LogP contribution in [-0.2, 0) is 0 Å². The molecule has 14 heteroatoms. The molecule has 1 radical (unpaired) electrons. The van der Waals surface area contributed by atoms with Crippen molar-refractivity contribution < 1.29 is 71.0 Å². The topological polar surface area (TPSA) is 224 Å². The van der Waals surface area contributed by atoms with Gasteiger partial charge in [-0.15, -0.1) is 20.5 Å². The molecule has 179 valence electrons. The summed E-state index contributed by atoms with van der Waals surface area (Å²) in [6.45, 7) is 0.